The van der Waals surface area contributed by atoms with E-state index in [0.717, 1.165) is 10.9 Å². The van der Waals surface area contributed by atoms with E-state index in [1.165, 1.54) is 34.8 Å². The van der Waals surface area contributed by atoms with Crippen LogP contribution in [0.4, 0.5) is 13.9 Å². The first-order valence-electron chi connectivity index (χ1n) is 6.01. The average molecular weight is 357 g/mol. The minimum absolute atomic E-state index is 0.299. The summed E-state index contributed by atoms with van der Waals surface area (Å²) in [4.78, 5) is 17.1. The van der Waals surface area contributed by atoms with Crippen molar-refractivity contribution in [2.75, 3.05) is 5.32 Å². The van der Waals surface area contributed by atoms with Gasteiger partial charge >= 0.3 is 0 Å². The first-order chi connectivity index (χ1) is 10.5. The highest BCUT2D eigenvalue weighted by Crippen LogP contribution is 2.33. The Morgan fingerprint density at radius 3 is 2.77 bits per heavy atom. The van der Waals surface area contributed by atoms with E-state index in [2.05, 4.69) is 10.3 Å². The Morgan fingerprint density at radius 1 is 1.23 bits per heavy atom. The lowest BCUT2D eigenvalue weighted by Gasteiger charge is -2.03. The molecule has 0 atom stereocenters. The molecule has 3 aromatic rings. The number of nitrogens with one attached hydrogen (secondary N) is 1. The SMILES string of the molecule is O=C(Nc1nc(-c2ccc(Cl)s2)cs1)c1cccc(F)c1F. The molecular formula is C14H7ClF2N2OS2. The van der Waals surface area contributed by atoms with Crippen LogP contribution in [0.5, 0.6) is 0 Å². The summed E-state index contributed by atoms with van der Waals surface area (Å²) in [6.45, 7) is 0. The van der Waals surface area contributed by atoms with Gasteiger partial charge in [0, 0.05) is 5.38 Å². The minimum atomic E-state index is -1.18. The quantitative estimate of drug-likeness (QED) is 0.713. The number of rotatable bonds is 3. The van der Waals surface area contributed by atoms with E-state index in [1.807, 2.05) is 6.07 Å². The zero-order valence-electron chi connectivity index (χ0n) is 10.8. The van der Waals surface area contributed by atoms with Crippen LogP contribution in [0.25, 0.3) is 10.6 Å². The van der Waals surface area contributed by atoms with Crippen molar-refractivity contribution >= 4 is 45.3 Å². The monoisotopic (exact) mass is 356 g/mol. The summed E-state index contributed by atoms with van der Waals surface area (Å²) in [7, 11) is 0. The number of halogens is 3. The fourth-order valence-electron chi connectivity index (χ4n) is 1.74. The van der Waals surface area contributed by atoms with Crippen molar-refractivity contribution in [3.63, 3.8) is 0 Å². The van der Waals surface area contributed by atoms with E-state index in [1.54, 1.807) is 11.4 Å². The highest BCUT2D eigenvalue weighted by Gasteiger charge is 2.16. The second-order valence-corrected chi connectivity index (χ2v) is 6.77. The molecule has 22 heavy (non-hydrogen) atoms. The van der Waals surface area contributed by atoms with E-state index in [4.69, 9.17) is 11.6 Å². The zero-order chi connectivity index (χ0) is 15.7. The molecule has 0 bridgehead atoms. The summed E-state index contributed by atoms with van der Waals surface area (Å²) >= 11 is 8.41. The Hall–Kier alpha value is -1.83. The Bertz CT molecular complexity index is 847. The van der Waals surface area contributed by atoms with Gasteiger partial charge in [0.2, 0.25) is 0 Å². The molecule has 112 valence electrons. The number of benzene rings is 1. The first-order valence-corrected chi connectivity index (χ1v) is 8.08. The second-order valence-electron chi connectivity index (χ2n) is 4.20. The molecule has 2 heterocycles. The van der Waals surface area contributed by atoms with Crippen LogP contribution in [0.15, 0.2) is 35.7 Å². The molecule has 8 heteroatoms. The number of anilines is 1. The van der Waals surface area contributed by atoms with Crippen molar-refractivity contribution in [2.45, 2.75) is 0 Å². The standard InChI is InChI=1S/C14H7ClF2N2OS2/c15-11-5-4-10(22-11)9-6-21-14(18-9)19-13(20)7-2-1-3-8(16)12(7)17/h1-6H,(H,18,19,20). The second kappa shape index (κ2) is 6.12. The van der Waals surface area contributed by atoms with Gasteiger partial charge < -0.3 is 0 Å². The number of amides is 1. The fraction of sp³-hybridized carbons (Fsp3) is 0. The maximum Gasteiger partial charge on any atom is 0.260 e. The third kappa shape index (κ3) is 3.01. The Balaban J connectivity index is 1.80. The molecule has 0 saturated carbocycles. The summed E-state index contributed by atoms with van der Waals surface area (Å²) in [6.07, 6.45) is 0. The largest absolute Gasteiger partial charge is 0.298 e. The predicted octanol–water partition coefficient (Wildman–Crippen LogP) is 5.06. The Labute approximate surface area is 137 Å². The summed E-state index contributed by atoms with van der Waals surface area (Å²) < 4.78 is 27.3. The molecule has 3 rings (SSSR count). The number of hydrogen-bond donors (Lipinski definition) is 1. The fourth-order valence-corrected chi connectivity index (χ4v) is 3.52. The van der Waals surface area contributed by atoms with Gasteiger partial charge in [-0.25, -0.2) is 13.8 Å². The van der Waals surface area contributed by atoms with Crippen LogP contribution in [0, 0.1) is 11.6 Å². The lowest BCUT2D eigenvalue weighted by molar-refractivity contribution is 0.102. The topological polar surface area (TPSA) is 42.0 Å². The van der Waals surface area contributed by atoms with Crippen molar-refractivity contribution in [1.82, 2.24) is 4.98 Å². The summed E-state index contributed by atoms with van der Waals surface area (Å²) in [5.41, 5.74) is 0.299. The normalized spacial score (nSPS) is 10.7. The van der Waals surface area contributed by atoms with Gasteiger partial charge in [0.05, 0.1) is 20.5 Å². The lowest BCUT2D eigenvalue weighted by atomic mass is 10.2. The van der Waals surface area contributed by atoms with Crippen LogP contribution in [0.2, 0.25) is 4.34 Å². The van der Waals surface area contributed by atoms with E-state index < -0.39 is 17.5 Å². The van der Waals surface area contributed by atoms with Crippen LogP contribution in [-0.2, 0) is 0 Å². The molecule has 1 aromatic carbocycles. The molecule has 0 radical (unpaired) electrons. The number of hydrogen-bond acceptors (Lipinski definition) is 4. The summed E-state index contributed by atoms with van der Waals surface area (Å²) in [5.74, 6) is -3.00. The van der Waals surface area contributed by atoms with Gasteiger partial charge in [-0.05, 0) is 24.3 Å². The van der Waals surface area contributed by atoms with Gasteiger partial charge in [-0.15, -0.1) is 22.7 Å². The molecule has 0 spiro atoms. The van der Waals surface area contributed by atoms with Crippen molar-refractivity contribution < 1.29 is 13.6 Å². The lowest BCUT2D eigenvalue weighted by Crippen LogP contribution is -2.14. The number of aromatic nitrogens is 1. The molecule has 0 fully saturated rings. The highest BCUT2D eigenvalue weighted by atomic mass is 35.5. The Kier molecular flexibility index (Phi) is 4.19. The van der Waals surface area contributed by atoms with Crippen LogP contribution in [0.1, 0.15) is 10.4 Å². The average Bonchev–Trinajstić information content (AvgIpc) is 3.10. The highest BCUT2D eigenvalue weighted by molar-refractivity contribution is 7.20. The molecule has 3 nitrogen and oxygen atoms in total. The molecule has 0 unspecified atom stereocenters. The maximum absolute atomic E-state index is 13.6. The zero-order valence-corrected chi connectivity index (χ0v) is 13.2. The number of carbonyl (C=O) groups is 1. The number of nitrogens with zero attached hydrogens (tertiary/aromatic N) is 1. The van der Waals surface area contributed by atoms with Gasteiger partial charge in [0.25, 0.3) is 5.91 Å². The van der Waals surface area contributed by atoms with Gasteiger partial charge in [0.1, 0.15) is 0 Å². The van der Waals surface area contributed by atoms with Crippen LogP contribution < -0.4 is 5.32 Å². The smallest absolute Gasteiger partial charge is 0.260 e. The van der Waals surface area contributed by atoms with Crippen molar-refractivity contribution in [1.29, 1.82) is 0 Å². The van der Waals surface area contributed by atoms with Crippen molar-refractivity contribution in [3.8, 4) is 10.6 Å². The van der Waals surface area contributed by atoms with E-state index in [9.17, 15) is 13.6 Å². The first kappa shape index (κ1) is 15.1. The van der Waals surface area contributed by atoms with Crippen LogP contribution in [0.3, 0.4) is 0 Å². The molecule has 0 saturated heterocycles. The molecule has 1 N–H and O–H groups in total. The summed E-state index contributed by atoms with van der Waals surface area (Å²) in [6, 6.07) is 7.00. The summed E-state index contributed by atoms with van der Waals surface area (Å²) in [5, 5.41) is 4.51. The number of thiophene rings is 1. The van der Waals surface area contributed by atoms with E-state index in [0.29, 0.717) is 15.2 Å². The predicted molar refractivity (Wildman–Crippen MR) is 84.7 cm³/mol. The van der Waals surface area contributed by atoms with Gasteiger partial charge in [-0.3, -0.25) is 10.1 Å². The Morgan fingerprint density at radius 2 is 2.05 bits per heavy atom. The number of carbonyl (C=O) groups excluding carboxylic acids is 1. The van der Waals surface area contributed by atoms with E-state index in [-0.39, 0.29) is 5.56 Å². The third-order valence-electron chi connectivity index (χ3n) is 2.75. The minimum Gasteiger partial charge on any atom is -0.298 e. The molecule has 2 aromatic heterocycles. The molecule has 0 aliphatic carbocycles. The van der Waals surface area contributed by atoms with Crippen molar-refractivity contribution in [2.24, 2.45) is 0 Å². The van der Waals surface area contributed by atoms with Gasteiger partial charge in [0.15, 0.2) is 16.8 Å². The maximum atomic E-state index is 13.6. The van der Waals surface area contributed by atoms with Gasteiger partial charge in [-0.2, -0.15) is 0 Å². The number of thiazole rings is 1. The van der Waals surface area contributed by atoms with Gasteiger partial charge in [-0.1, -0.05) is 17.7 Å². The molecule has 1 amide bonds. The van der Waals surface area contributed by atoms with Crippen LogP contribution in [-0.4, -0.2) is 10.9 Å². The molecule has 0 aliphatic rings. The molecular weight excluding hydrogens is 350 g/mol. The molecule has 0 aliphatic heterocycles. The third-order valence-corrected chi connectivity index (χ3v) is 4.76. The van der Waals surface area contributed by atoms with E-state index >= 15 is 0 Å². The van der Waals surface area contributed by atoms with Crippen LogP contribution >= 0.6 is 34.3 Å². The van der Waals surface area contributed by atoms with Crippen molar-refractivity contribution in [3.05, 3.63) is 57.2 Å².